The summed E-state index contributed by atoms with van der Waals surface area (Å²) in [4.78, 5) is 23.8. The van der Waals surface area contributed by atoms with Gasteiger partial charge in [0.05, 0.1) is 16.6 Å². The van der Waals surface area contributed by atoms with Crippen LogP contribution in [0.4, 0.5) is 5.69 Å². The van der Waals surface area contributed by atoms with Gasteiger partial charge in [-0.15, -0.1) is 11.8 Å². The molecule has 0 bridgehead atoms. The van der Waals surface area contributed by atoms with Crippen molar-refractivity contribution in [2.45, 2.75) is 19.4 Å². The van der Waals surface area contributed by atoms with Crippen LogP contribution in [0, 0.1) is 0 Å². The van der Waals surface area contributed by atoms with Crippen LogP contribution in [0.5, 0.6) is 0 Å². The molecule has 0 aromatic heterocycles. The fraction of sp³-hybridized carbons (Fsp3) is 0.429. The van der Waals surface area contributed by atoms with Crippen molar-refractivity contribution in [3.63, 3.8) is 0 Å². The Labute approximate surface area is 133 Å². The van der Waals surface area contributed by atoms with Gasteiger partial charge in [0, 0.05) is 23.9 Å². The van der Waals surface area contributed by atoms with Gasteiger partial charge in [-0.05, 0) is 24.6 Å². The molecule has 1 saturated heterocycles. The third-order valence-electron chi connectivity index (χ3n) is 3.05. The molecule has 1 aromatic rings. The van der Waals surface area contributed by atoms with Gasteiger partial charge < -0.3 is 10.6 Å². The first-order valence-electron chi connectivity index (χ1n) is 6.81. The topological polar surface area (TPSA) is 70.2 Å². The van der Waals surface area contributed by atoms with Gasteiger partial charge in [-0.2, -0.15) is 0 Å². The van der Waals surface area contributed by atoms with Crippen LogP contribution >= 0.6 is 23.4 Å². The van der Waals surface area contributed by atoms with Crippen molar-refractivity contribution in [3.8, 4) is 0 Å². The molecule has 3 N–H and O–H groups in total. The Balaban J connectivity index is 2.01. The van der Waals surface area contributed by atoms with Crippen LogP contribution < -0.4 is 16.0 Å². The smallest absolute Gasteiger partial charge is 0.252 e. The summed E-state index contributed by atoms with van der Waals surface area (Å²) < 4.78 is 0. The minimum Gasteiger partial charge on any atom is -0.352 e. The van der Waals surface area contributed by atoms with Crippen LogP contribution in [0.25, 0.3) is 0 Å². The largest absolute Gasteiger partial charge is 0.352 e. The Hall–Kier alpha value is -1.24. The monoisotopic (exact) mass is 327 g/mol. The minimum absolute atomic E-state index is 0.0840. The lowest BCUT2D eigenvalue weighted by atomic mass is 10.2. The Morgan fingerprint density at radius 1 is 1.48 bits per heavy atom. The fourth-order valence-electron chi connectivity index (χ4n) is 1.90. The predicted octanol–water partition coefficient (Wildman–Crippen LogP) is 2.08. The molecule has 114 valence electrons. The molecule has 1 fully saturated rings. The molecule has 1 aliphatic heterocycles. The van der Waals surface area contributed by atoms with E-state index >= 15 is 0 Å². The first-order chi connectivity index (χ1) is 10.1. The van der Waals surface area contributed by atoms with Crippen LogP contribution in [-0.2, 0) is 4.79 Å². The SMILES string of the molecule is CCCNC(=O)c1ccc(NC(=O)C2CSCN2)cc1Cl. The average molecular weight is 328 g/mol. The summed E-state index contributed by atoms with van der Waals surface area (Å²) in [5, 5.41) is 9.00. The summed E-state index contributed by atoms with van der Waals surface area (Å²) in [5.41, 5.74) is 1.01. The van der Waals surface area contributed by atoms with Crippen molar-refractivity contribution < 1.29 is 9.59 Å². The van der Waals surface area contributed by atoms with E-state index in [1.165, 1.54) is 0 Å². The van der Waals surface area contributed by atoms with E-state index in [1.807, 2.05) is 6.92 Å². The summed E-state index contributed by atoms with van der Waals surface area (Å²) in [6.07, 6.45) is 0.865. The molecule has 1 unspecified atom stereocenters. The number of halogens is 1. The number of thioether (sulfide) groups is 1. The maximum atomic E-state index is 12.0. The van der Waals surface area contributed by atoms with Crippen molar-refractivity contribution in [1.82, 2.24) is 10.6 Å². The Morgan fingerprint density at radius 2 is 2.29 bits per heavy atom. The number of rotatable bonds is 5. The summed E-state index contributed by atoms with van der Waals surface area (Å²) in [6.45, 7) is 2.59. The predicted molar refractivity (Wildman–Crippen MR) is 87.0 cm³/mol. The van der Waals surface area contributed by atoms with Gasteiger partial charge in [0.2, 0.25) is 5.91 Å². The Morgan fingerprint density at radius 3 is 2.90 bits per heavy atom. The number of carbonyl (C=O) groups is 2. The summed E-state index contributed by atoms with van der Waals surface area (Å²) >= 11 is 7.80. The van der Waals surface area contributed by atoms with Gasteiger partial charge in [-0.25, -0.2) is 0 Å². The normalized spacial score (nSPS) is 17.5. The molecule has 7 heteroatoms. The van der Waals surface area contributed by atoms with E-state index in [1.54, 1.807) is 30.0 Å². The molecule has 1 aliphatic rings. The third-order valence-corrected chi connectivity index (χ3v) is 4.30. The van der Waals surface area contributed by atoms with Crippen molar-refractivity contribution in [2.24, 2.45) is 0 Å². The van der Waals surface area contributed by atoms with Crippen molar-refractivity contribution in [1.29, 1.82) is 0 Å². The first-order valence-corrected chi connectivity index (χ1v) is 8.35. The molecule has 1 atom stereocenters. The molecule has 2 rings (SSSR count). The van der Waals surface area contributed by atoms with Crippen LogP contribution in [0.1, 0.15) is 23.7 Å². The molecule has 1 heterocycles. The van der Waals surface area contributed by atoms with Crippen molar-refractivity contribution in [2.75, 3.05) is 23.5 Å². The number of anilines is 1. The lowest BCUT2D eigenvalue weighted by Crippen LogP contribution is -2.37. The number of carbonyl (C=O) groups excluding carboxylic acids is 2. The van der Waals surface area contributed by atoms with Crippen LogP contribution in [0.15, 0.2) is 18.2 Å². The lowest BCUT2D eigenvalue weighted by molar-refractivity contribution is -0.117. The van der Waals surface area contributed by atoms with E-state index in [4.69, 9.17) is 11.6 Å². The molecular weight excluding hydrogens is 310 g/mol. The van der Waals surface area contributed by atoms with E-state index < -0.39 is 0 Å². The molecule has 0 saturated carbocycles. The summed E-state index contributed by atoms with van der Waals surface area (Å²) in [5.74, 6) is 1.26. The molecule has 21 heavy (non-hydrogen) atoms. The number of benzene rings is 1. The third kappa shape index (κ3) is 4.36. The van der Waals surface area contributed by atoms with E-state index in [-0.39, 0.29) is 17.9 Å². The molecule has 1 aromatic carbocycles. The number of nitrogens with one attached hydrogen (secondary N) is 3. The quantitative estimate of drug-likeness (QED) is 0.774. The van der Waals surface area contributed by atoms with Crippen LogP contribution in [-0.4, -0.2) is 36.0 Å². The number of hydrogen-bond donors (Lipinski definition) is 3. The second kappa shape index (κ2) is 7.68. The first kappa shape index (κ1) is 16.1. The van der Waals surface area contributed by atoms with Crippen LogP contribution in [0.3, 0.4) is 0 Å². The Kier molecular flexibility index (Phi) is 5.90. The molecule has 0 aliphatic carbocycles. The van der Waals surface area contributed by atoms with Gasteiger partial charge in [0.25, 0.3) is 5.91 Å². The minimum atomic E-state index is -0.200. The maximum absolute atomic E-state index is 12.0. The zero-order valence-corrected chi connectivity index (χ0v) is 13.3. The number of amides is 2. The van der Waals surface area contributed by atoms with Gasteiger partial charge in [-0.1, -0.05) is 18.5 Å². The van der Waals surface area contributed by atoms with Gasteiger partial charge in [-0.3, -0.25) is 14.9 Å². The highest BCUT2D eigenvalue weighted by Gasteiger charge is 2.22. The van der Waals surface area contributed by atoms with E-state index in [9.17, 15) is 9.59 Å². The second-order valence-corrected chi connectivity index (χ2v) is 6.15. The molecule has 0 radical (unpaired) electrons. The summed E-state index contributed by atoms with van der Waals surface area (Å²) in [7, 11) is 0. The van der Waals surface area contributed by atoms with E-state index in [0.717, 1.165) is 18.1 Å². The molecule has 2 amide bonds. The van der Waals surface area contributed by atoms with Crippen LogP contribution in [0.2, 0.25) is 5.02 Å². The number of hydrogen-bond acceptors (Lipinski definition) is 4. The Bertz CT molecular complexity index is 533. The zero-order chi connectivity index (χ0) is 15.2. The van der Waals surface area contributed by atoms with Gasteiger partial charge >= 0.3 is 0 Å². The van der Waals surface area contributed by atoms with Crippen molar-refractivity contribution >= 4 is 40.9 Å². The van der Waals surface area contributed by atoms with Gasteiger partial charge in [0.15, 0.2) is 0 Å². The highest BCUT2D eigenvalue weighted by Crippen LogP contribution is 2.21. The van der Waals surface area contributed by atoms with Gasteiger partial charge in [0.1, 0.15) is 0 Å². The highest BCUT2D eigenvalue weighted by molar-refractivity contribution is 7.99. The van der Waals surface area contributed by atoms with E-state index in [2.05, 4.69) is 16.0 Å². The standard InChI is InChI=1S/C14H18ClN3O2S/c1-2-5-16-13(19)10-4-3-9(6-11(10)15)18-14(20)12-7-21-8-17-12/h3-4,6,12,17H,2,5,7-8H2,1H3,(H,16,19)(H,18,20). The maximum Gasteiger partial charge on any atom is 0.252 e. The zero-order valence-electron chi connectivity index (χ0n) is 11.7. The van der Waals surface area contributed by atoms with Crippen molar-refractivity contribution in [3.05, 3.63) is 28.8 Å². The van der Waals surface area contributed by atoms with E-state index in [0.29, 0.717) is 22.8 Å². The molecule has 0 spiro atoms. The molecule has 5 nitrogen and oxygen atoms in total. The lowest BCUT2D eigenvalue weighted by Gasteiger charge is -2.12. The second-order valence-electron chi connectivity index (χ2n) is 4.71. The highest BCUT2D eigenvalue weighted by atomic mass is 35.5. The summed E-state index contributed by atoms with van der Waals surface area (Å²) in [6, 6.07) is 4.73. The average Bonchev–Trinajstić information content (AvgIpc) is 2.99. The fourth-order valence-corrected chi connectivity index (χ4v) is 3.11. The molecular formula is C14H18ClN3O2S.